The van der Waals surface area contributed by atoms with E-state index in [9.17, 15) is 18.0 Å². The molecule has 0 N–H and O–H groups in total. The van der Waals surface area contributed by atoms with Crippen LogP contribution in [0.15, 0.2) is 23.5 Å². The average Bonchev–Trinajstić information content (AvgIpc) is 3.21. The van der Waals surface area contributed by atoms with Crippen molar-refractivity contribution in [2.24, 2.45) is 0 Å². The lowest BCUT2D eigenvalue weighted by Crippen LogP contribution is -2.09. The van der Waals surface area contributed by atoms with Gasteiger partial charge in [-0.2, -0.15) is 13.2 Å². The van der Waals surface area contributed by atoms with Crippen LogP contribution in [0.4, 0.5) is 13.2 Å². The van der Waals surface area contributed by atoms with Crippen LogP contribution >= 0.6 is 23.4 Å². The number of aromatic nitrogens is 4. The highest BCUT2D eigenvalue weighted by atomic mass is 35.5. The van der Waals surface area contributed by atoms with Crippen molar-refractivity contribution in [3.63, 3.8) is 0 Å². The molecule has 0 radical (unpaired) electrons. The van der Waals surface area contributed by atoms with E-state index in [0.29, 0.717) is 12.2 Å². The number of halogens is 4. The number of fused-ring (bicyclic) bond motifs is 1. The molecule has 0 aromatic carbocycles. The molecule has 0 aliphatic rings. The number of carbonyl (C=O) groups is 1. The van der Waals surface area contributed by atoms with E-state index in [2.05, 4.69) is 14.8 Å². The summed E-state index contributed by atoms with van der Waals surface area (Å²) in [5.74, 6) is -0.127. The molecule has 0 amide bonds. The number of rotatable bonds is 8. The molecule has 0 spiro atoms. The van der Waals surface area contributed by atoms with Gasteiger partial charge >= 0.3 is 6.18 Å². The third-order valence-corrected chi connectivity index (χ3v) is 5.91. The Morgan fingerprint density at radius 3 is 2.67 bits per heavy atom. The normalized spacial score (nSPS) is 12.1. The van der Waals surface area contributed by atoms with Gasteiger partial charge in [-0.05, 0) is 32.4 Å². The largest absolute Gasteiger partial charge is 0.417 e. The minimum atomic E-state index is -4.56. The monoisotopic (exact) mass is 460 g/mol. The number of alkyl halides is 3. The van der Waals surface area contributed by atoms with Crippen molar-refractivity contribution >= 4 is 34.8 Å². The van der Waals surface area contributed by atoms with Gasteiger partial charge in [0.2, 0.25) is 0 Å². The molecule has 0 bridgehead atoms. The lowest BCUT2D eigenvalue weighted by Gasteiger charge is -2.09. The number of pyridine rings is 1. The summed E-state index contributed by atoms with van der Waals surface area (Å²) >= 11 is 6.94. The zero-order valence-corrected chi connectivity index (χ0v) is 18.2. The third-order valence-electron chi connectivity index (χ3n) is 4.69. The van der Waals surface area contributed by atoms with Crippen LogP contribution in [0.2, 0.25) is 5.02 Å². The summed E-state index contributed by atoms with van der Waals surface area (Å²) in [7, 11) is 1.64. The molecule has 0 saturated heterocycles. The van der Waals surface area contributed by atoms with Crippen LogP contribution < -0.4 is 0 Å². The number of thioether (sulfide) groups is 1. The molecule has 3 heterocycles. The molecule has 3 aromatic heterocycles. The summed E-state index contributed by atoms with van der Waals surface area (Å²) in [6.45, 7) is 5.16. The van der Waals surface area contributed by atoms with Crippen LogP contribution in [0.3, 0.4) is 0 Å². The van der Waals surface area contributed by atoms with Gasteiger partial charge in [-0.25, -0.2) is 0 Å². The second kappa shape index (κ2) is 8.99. The van der Waals surface area contributed by atoms with Crippen molar-refractivity contribution in [1.82, 2.24) is 19.2 Å². The first-order valence-electron chi connectivity index (χ1n) is 9.06. The molecule has 0 aliphatic carbocycles. The lowest BCUT2D eigenvalue weighted by molar-refractivity contribution is -0.137. The summed E-state index contributed by atoms with van der Waals surface area (Å²) in [6, 6.07) is 2.63. The molecule has 0 fully saturated rings. The maximum absolute atomic E-state index is 13.1. The number of aryl methyl sites for hydroxylation is 1. The number of carbonyl (C=O) groups excluding carboxylic acids is 1. The maximum Gasteiger partial charge on any atom is 0.417 e. The first kappa shape index (κ1) is 22.6. The number of Topliss-reactive ketones (excluding diaryl/α,β-unsaturated/α-hetero) is 1. The van der Waals surface area contributed by atoms with E-state index in [-0.39, 0.29) is 27.4 Å². The van der Waals surface area contributed by atoms with Gasteiger partial charge in [-0.15, -0.1) is 10.2 Å². The number of ketones is 1. The Morgan fingerprint density at radius 2 is 2.00 bits per heavy atom. The molecule has 0 aliphatic heterocycles. The minimum absolute atomic E-state index is 0.0109. The summed E-state index contributed by atoms with van der Waals surface area (Å²) in [5.41, 5.74) is 1.60. The van der Waals surface area contributed by atoms with E-state index in [4.69, 9.17) is 16.3 Å². The van der Waals surface area contributed by atoms with Crippen molar-refractivity contribution in [2.45, 2.75) is 38.1 Å². The standard InChI is InChI=1S/C19H20ClF3N4O2S/c1-11-7-14(12(2)26(11)5-4-6-29-3)16(28)10-30-18-25-24-17-15(20)8-13(9-27(17)18)19(21,22)23/h7-9H,4-6,10H2,1-3H3. The predicted molar refractivity (Wildman–Crippen MR) is 108 cm³/mol. The topological polar surface area (TPSA) is 61.4 Å². The van der Waals surface area contributed by atoms with Crippen LogP contribution in [0.1, 0.15) is 33.7 Å². The highest BCUT2D eigenvalue weighted by molar-refractivity contribution is 7.99. The third kappa shape index (κ3) is 4.65. The number of hydrogen-bond donors (Lipinski definition) is 0. The molecule has 30 heavy (non-hydrogen) atoms. The second-order valence-corrected chi connectivity index (χ2v) is 8.10. The molecule has 0 atom stereocenters. The molecule has 6 nitrogen and oxygen atoms in total. The average molecular weight is 461 g/mol. The maximum atomic E-state index is 13.1. The highest BCUT2D eigenvalue weighted by Gasteiger charge is 2.32. The Morgan fingerprint density at radius 1 is 1.27 bits per heavy atom. The number of ether oxygens (including phenoxy) is 1. The van der Waals surface area contributed by atoms with E-state index in [1.165, 1.54) is 0 Å². The van der Waals surface area contributed by atoms with Crippen LogP contribution in [0.25, 0.3) is 5.65 Å². The zero-order chi connectivity index (χ0) is 22.1. The molecule has 3 aromatic rings. The van der Waals surface area contributed by atoms with Crippen molar-refractivity contribution in [3.05, 3.63) is 45.9 Å². The zero-order valence-electron chi connectivity index (χ0n) is 16.6. The second-order valence-electron chi connectivity index (χ2n) is 6.75. The SMILES string of the molecule is COCCCn1c(C)cc(C(=O)CSc2nnc3c(Cl)cc(C(F)(F)F)cn23)c1C. The van der Waals surface area contributed by atoms with Crippen LogP contribution in [-0.2, 0) is 17.5 Å². The Labute approximate surface area is 180 Å². The van der Waals surface area contributed by atoms with E-state index < -0.39 is 11.7 Å². The van der Waals surface area contributed by atoms with Gasteiger partial charge in [0, 0.05) is 43.4 Å². The number of nitrogens with zero attached hydrogens (tertiary/aromatic N) is 4. The van der Waals surface area contributed by atoms with Crippen molar-refractivity contribution in [2.75, 3.05) is 19.5 Å². The van der Waals surface area contributed by atoms with Gasteiger partial charge in [0.25, 0.3) is 0 Å². The van der Waals surface area contributed by atoms with Gasteiger partial charge in [-0.1, -0.05) is 23.4 Å². The smallest absolute Gasteiger partial charge is 0.385 e. The molecule has 11 heteroatoms. The number of methoxy groups -OCH3 is 1. The van der Waals surface area contributed by atoms with Crippen molar-refractivity contribution in [1.29, 1.82) is 0 Å². The van der Waals surface area contributed by atoms with Gasteiger partial charge in [0.15, 0.2) is 16.6 Å². The van der Waals surface area contributed by atoms with Crippen LogP contribution in [-0.4, -0.2) is 44.4 Å². The molecular formula is C19H20ClF3N4O2S. The summed E-state index contributed by atoms with van der Waals surface area (Å²) in [4.78, 5) is 12.8. The van der Waals surface area contributed by atoms with Crippen molar-refractivity contribution < 1.29 is 22.7 Å². The molecule has 3 rings (SSSR count). The van der Waals surface area contributed by atoms with E-state index in [1.807, 2.05) is 19.9 Å². The first-order valence-corrected chi connectivity index (χ1v) is 10.4. The fourth-order valence-electron chi connectivity index (χ4n) is 3.19. The van der Waals surface area contributed by atoms with E-state index in [1.54, 1.807) is 7.11 Å². The van der Waals surface area contributed by atoms with Gasteiger partial charge in [0.1, 0.15) is 0 Å². The summed E-state index contributed by atoms with van der Waals surface area (Å²) < 4.78 is 47.5. The van der Waals surface area contributed by atoms with Crippen LogP contribution in [0, 0.1) is 13.8 Å². The first-order chi connectivity index (χ1) is 14.1. The Balaban J connectivity index is 1.79. The predicted octanol–water partition coefficient (Wildman–Crippen LogP) is 4.83. The van der Waals surface area contributed by atoms with Gasteiger partial charge in [-0.3, -0.25) is 9.20 Å². The van der Waals surface area contributed by atoms with Crippen molar-refractivity contribution in [3.8, 4) is 0 Å². The van der Waals surface area contributed by atoms with Gasteiger partial charge in [0.05, 0.1) is 16.3 Å². The minimum Gasteiger partial charge on any atom is -0.385 e. The Kier molecular flexibility index (Phi) is 6.78. The van der Waals surface area contributed by atoms with Gasteiger partial charge < -0.3 is 9.30 Å². The molecule has 0 unspecified atom stereocenters. The highest BCUT2D eigenvalue weighted by Crippen LogP contribution is 2.33. The molecule has 162 valence electrons. The summed E-state index contributed by atoms with van der Waals surface area (Å²) in [6.07, 6.45) is -2.85. The van der Waals surface area contributed by atoms with E-state index >= 15 is 0 Å². The fraction of sp³-hybridized carbons (Fsp3) is 0.421. The molecular weight excluding hydrogens is 441 g/mol. The lowest BCUT2D eigenvalue weighted by atomic mass is 10.2. The Bertz CT molecular complexity index is 1080. The van der Waals surface area contributed by atoms with Crippen LogP contribution in [0.5, 0.6) is 0 Å². The quantitative estimate of drug-likeness (QED) is 0.274. The fourth-order valence-corrected chi connectivity index (χ4v) is 4.23. The van der Waals surface area contributed by atoms with E-state index in [0.717, 1.165) is 52.8 Å². The number of hydrogen-bond acceptors (Lipinski definition) is 5. The summed E-state index contributed by atoms with van der Waals surface area (Å²) in [5, 5.41) is 7.74. The molecule has 0 saturated carbocycles. The Hall–Kier alpha value is -2.04.